The molecule has 2 saturated carbocycles. The largest absolute Gasteiger partial charge is 0.326 e. The molecule has 4 atom stereocenters. The van der Waals surface area contributed by atoms with E-state index in [1.807, 2.05) is 19.1 Å². The molecule has 4 unspecified atom stereocenters. The van der Waals surface area contributed by atoms with Crippen molar-refractivity contribution in [2.24, 2.45) is 17.8 Å². The summed E-state index contributed by atoms with van der Waals surface area (Å²) in [5.41, 5.74) is 2.03. The SMILES string of the molecule is CC(Cl)c1nc2c(Cl)cccc2n1CC1CC2CCC1C2. The minimum atomic E-state index is -0.0907. The fourth-order valence-electron chi connectivity index (χ4n) is 4.46. The lowest BCUT2D eigenvalue weighted by Crippen LogP contribution is -2.19. The van der Waals surface area contributed by atoms with Crippen molar-refractivity contribution in [2.75, 3.05) is 0 Å². The number of benzene rings is 1. The smallest absolute Gasteiger partial charge is 0.127 e. The van der Waals surface area contributed by atoms with Crippen molar-refractivity contribution < 1.29 is 0 Å². The van der Waals surface area contributed by atoms with Gasteiger partial charge in [0.05, 0.1) is 15.9 Å². The number of para-hydroxylation sites is 1. The molecule has 1 heterocycles. The van der Waals surface area contributed by atoms with E-state index >= 15 is 0 Å². The zero-order valence-electron chi connectivity index (χ0n) is 12.2. The van der Waals surface area contributed by atoms with Crippen LogP contribution in [0.3, 0.4) is 0 Å². The van der Waals surface area contributed by atoms with Crippen molar-refractivity contribution in [3.8, 4) is 0 Å². The van der Waals surface area contributed by atoms with E-state index in [-0.39, 0.29) is 5.38 Å². The number of hydrogen-bond acceptors (Lipinski definition) is 1. The first-order valence-electron chi connectivity index (χ1n) is 7.92. The van der Waals surface area contributed by atoms with Gasteiger partial charge in [0.2, 0.25) is 0 Å². The van der Waals surface area contributed by atoms with Gasteiger partial charge in [-0.15, -0.1) is 11.6 Å². The second-order valence-electron chi connectivity index (χ2n) is 6.74. The average molecular weight is 323 g/mol. The first kappa shape index (κ1) is 13.9. The van der Waals surface area contributed by atoms with Gasteiger partial charge in [-0.2, -0.15) is 0 Å². The molecule has 2 aromatic rings. The summed E-state index contributed by atoms with van der Waals surface area (Å²) in [6, 6.07) is 6.03. The van der Waals surface area contributed by atoms with Crippen LogP contribution >= 0.6 is 23.2 Å². The van der Waals surface area contributed by atoms with Gasteiger partial charge in [0.15, 0.2) is 0 Å². The molecule has 0 N–H and O–H groups in total. The third-order valence-corrected chi connectivity index (χ3v) is 5.92. The molecule has 4 heteroatoms. The fraction of sp³-hybridized carbons (Fsp3) is 0.588. The van der Waals surface area contributed by atoms with Gasteiger partial charge in [0, 0.05) is 6.54 Å². The highest BCUT2D eigenvalue weighted by Gasteiger charge is 2.39. The second kappa shape index (κ2) is 5.17. The van der Waals surface area contributed by atoms with Crippen molar-refractivity contribution in [3.05, 3.63) is 29.0 Å². The van der Waals surface area contributed by atoms with E-state index in [2.05, 4.69) is 10.6 Å². The molecule has 1 aromatic carbocycles. The van der Waals surface area contributed by atoms with Gasteiger partial charge < -0.3 is 4.57 Å². The minimum absolute atomic E-state index is 0.0907. The highest BCUT2D eigenvalue weighted by atomic mass is 35.5. The van der Waals surface area contributed by atoms with Gasteiger partial charge in [-0.05, 0) is 56.1 Å². The third-order valence-electron chi connectivity index (χ3n) is 5.42. The molecule has 2 nitrogen and oxygen atoms in total. The number of fused-ring (bicyclic) bond motifs is 3. The maximum absolute atomic E-state index is 6.37. The summed E-state index contributed by atoms with van der Waals surface area (Å²) in [5.74, 6) is 3.62. The van der Waals surface area contributed by atoms with Crippen molar-refractivity contribution in [1.29, 1.82) is 0 Å². The number of alkyl halides is 1. The molecule has 21 heavy (non-hydrogen) atoms. The summed E-state index contributed by atoms with van der Waals surface area (Å²) >= 11 is 12.7. The molecule has 2 fully saturated rings. The standard InChI is InChI=1S/C17H20Cl2N2/c1-10(18)17-20-16-14(19)3-2-4-15(16)21(17)9-13-8-11-5-6-12(13)7-11/h2-4,10-13H,5-9H2,1H3. The molecule has 112 valence electrons. The molecule has 2 aliphatic carbocycles. The van der Waals surface area contributed by atoms with Gasteiger partial charge in [0.1, 0.15) is 11.3 Å². The topological polar surface area (TPSA) is 17.8 Å². The van der Waals surface area contributed by atoms with Crippen LogP contribution in [0.25, 0.3) is 11.0 Å². The average Bonchev–Trinajstić information content (AvgIpc) is 3.14. The Balaban J connectivity index is 1.75. The first-order chi connectivity index (χ1) is 10.1. The van der Waals surface area contributed by atoms with E-state index in [1.54, 1.807) is 0 Å². The highest BCUT2D eigenvalue weighted by molar-refractivity contribution is 6.35. The van der Waals surface area contributed by atoms with Crippen LogP contribution in [-0.2, 0) is 6.54 Å². The second-order valence-corrected chi connectivity index (χ2v) is 7.80. The van der Waals surface area contributed by atoms with Gasteiger partial charge in [-0.1, -0.05) is 24.1 Å². The van der Waals surface area contributed by atoms with Crippen LogP contribution in [0.5, 0.6) is 0 Å². The summed E-state index contributed by atoms with van der Waals surface area (Å²) in [4.78, 5) is 4.71. The molecule has 2 bridgehead atoms. The molecule has 0 aliphatic heterocycles. The first-order valence-corrected chi connectivity index (χ1v) is 8.73. The summed E-state index contributed by atoms with van der Waals surface area (Å²) in [5, 5.41) is 0.629. The van der Waals surface area contributed by atoms with E-state index in [1.165, 1.54) is 25.7 Å². The van der Waals surface area contributed by atoms with Crippen LogP contribution < -0.4 is 0 Å². The van der Waals surface area contributed by atoms with Crippen LogP contribution in [0.1, 0.15) is 43.8 Å². The van der Waals surface area contributed by atoms with Crippen LogP contribution in [0.2, 0.25) is 5.02 Å². The lowest BCUT2D eigenvalue weighted by molar-refractivity contribution is 0.295. The number of nitrogens with zero attached hydrogens (tertiary/aromatic N) is 2. The van der Waals surface area contributed by atoms with Crippen molar-refractivity contribution in [1.82, 2.24) is 9.55 Å². The molecule has 0 saturated heterocycles. The third kappa shape index (κ3) is 2.27. The molecular formula is C17H20Cl2N2. The van der Waals surface area contributed by atoms with E-state index in [4.69, 9.17) is 28.2 Å². The highest BCUT2D eigenvalue weighted by Crippen LogP contribution is 2.49. The maximum atomic E-state index is 6.37. The van der Waals surface area contributed by atoms with Crippen molar-refractivity contribution in [2.45, 2.75) is 44.5 Å². The Kier molecular flexibility index (Phi) is 3.42. The van der Waals surface area contributed by atoms with Crippen molar-refractivity contribution >= 4 is 34.2 Å². The Labute approximate surface area is 135 Å². The van der Waals surface area contributed by atoms with Crippen LogP contribution in [0.4, 0.5) is 0 Å². The van der Waals surface area contributed by atoms with Gasteiger partial charge >= 0.3 is 0 Å². The molecule has 0 spiro atoms. The monoisotopic (exact) mass is 322 g/mol. The molecule has 0 radical (unpaired) electrons. The minimum Gasteiger partial charge on any atom is -0.326 e. The molecular weight excluding hydrogens is 303 g/mol. The summed E-state index contributed by atoms with van der Waals surface area (Å²) in [7, 11) is 0. The normalized spacial score (nSPS) is 29.4. The van der Waals surface area contributed by atoms with Crippen LogP contribution in [-0.4, -0.2) is 9.55 Å². The van der Waals surface area contributed by atoms with Gasteiger partial charge in [-0.25, -0.2) is 4.98 Å². The Morgan fingerprint density at radius 3 is 2.86 bits per heavy atom. The summed E-state index contributed by atoms with van der Waals surface area (Å²) < 4.78 is 2.32. The summed E-state index contributed by atoms with van der Waals surface area (Å²) in [6.45, 7) is 3.04. The number of hydrogen-bond donors (Lipinski definition) is 0. The lowest BCUT2D eigenvalue weighted by Gasteiger charge is -2.23. The Morgan fingerprint density at radius 2 is 2.19 bits per heavy atom. The van der Waals surface area contributed by atoms with E-state index in [0.29, 0.717) is 0 Å². The van der Waals surface area contributed by atoms with Gasteiger partial charge in [-0.3, -0.25) is 0 Å². The van der Waals surface area contributed by atoms with Crippen LogP contribution in [0.15, 0.2) is 18.2 Å². The zero-order chi connectivity index (χ0) is 14.6. The number of aromatic nitrogens is 2. The van der Waals surface area contributed by atoms with E-state index in [0.717, 1.165) is 46.2 Å². The maximum Gasteiger partial charge on any atom is 0.127 e. The van der Waals surface area contributed by atoms with E-state index < -0.39 is 0 Å². The number of halogens is 2. The van der Waals surface area contributed by atoms with Crippen molar-refractivity contribution in [3.63, 3.8) is 0 Å². The molecule has 2 aliphatic rings. The van der Waals surface area contributed by atoms with Crippen LogP contribution in [0, 0.1) is 17.8 Å². The Bertz CT molecular complexity index is 677. The Morgan fingerprint density at radius 1 is 1.33 bits per heavy atom. The number of rotatable bonds is 3. The quantitative estimate of drug-likeness (QED) is 0.689. The predicted molar refractivity (Wildman–Crippen MR) is 87.9 cm³/mol. The zero-order valence-corrected chi connectivity index (χ0v) is 13.7. The lowest BCUT2D eigenvalue weighted by atomic mass is 9.88. The van der Waals surface area contributed by atoms with E-state index in [9.17, 15) is 0 Å². The number of imidazole rings is 1. The predicted octanol–water partition coefficient (Wildman–Crippen LogP) is 5.43. The Hall–Kier alpha value is -0.730. The fourth-order valence-corrected chi connectivity index (χ4v) is 4.84. The van der Waals surface area contributed by atoms with Gasteiger partial charge in [0.25, 0.3) is 0 Å². The molecule has 0 amide bonds. The summed E-state index contributed by atoms with van der Waals surface area (Å²) in [6.07, 6.45) is 5.66. The molecule has 1 aromatic heterocycles. The molecule has 4 rings (SSSR count).